The fourth-order valence-electron chi connectivity index (χ4n) is 2.42. The lowest BCUT2D eigenvalue weighted by atomic mass is 10.1. The van der Waals surface area contributed by atoms with Crippen molar-refractivity contribution in [3.8, 4) is 11.5 Å². The molecule has 0 bridgehead atoms. The average Bonchev–Trinajstić information content (AvgIpc) is 3.08. The Bertz CT molecular complexity index is 626. The van der Waals surface area contributed by atoms with Crippen LogP contribution in [-0.4, -0.2) is 25.9 Å². The predicted molar refractivity (Wildman–Crippen MR) is 94.6 cm³/mol. The Kier molecular flexibility index (Phi) is 6.45. The minimum atomic E-state index is -0.659. The highest BCUT2D eigenvalue weighted by molar-refractivity contribution is 7.12. The minimum Gasteiger partial charge on any atom is -0.497 e. The molecule has 126 valence electrons. The summed E-state index contributed by atoms with van der Waals surface area (Å²) in [6.45, 7) is 4.72. The number of aliphatic hydroxyl groups excluding tert-OH is 1. The van der Waals surface area contributed by atoms with Gasteiger partial charge in [0.2, 0.25) is 0 Å². The first-order valence-electron chi connectivity index (χ1n) is 7.81. The third kappa shape index (κ3) is 4.47. The molecule has 0 aliphatic heterocycles. The van der Waals surface area contributed by atoms with E-state index in [2.05, 4.69) is 31.3 Å². The highest BCUT2D eigenvalue weighted by atomic mass is 32.1. The number of aryl methyl sites for hydroxylation is 1. The number of hydrogen-bond acceptors (Lipinski definition) is 5. The Balaban J connectivity index is 2.02. The molecule has 1 aromatic carbocycles. The number of aliphatic hydroxyl groups is 1. The maximum atomic E-state index is 10.5. The fourth-order valence-corrected chi connectivity index (χ4v) is 3.40. The van der Waals surface area contributed by atoms with Gasteiger partial charge in [0.25, 0.3) is 0 Å². The number of ether oxygens (including phenoxy) is 2. The summed E-state index contributed by atoms with van der Waals surface area (Å²) in [5.41, 5.74) is 0.729. The maximum Gasteiger partial charge on any atom is 0.124 e. The number of thiophene rings is 1. The van der Waals surface area contributed by atoms with Crippen molar-refractivity contribution >= 4 is 11.3 Å². The second-order valence-electron chi connectivity index (χ2n) is 5.41. The van der Waals surface area contributed by atoms with E-state index in [9.17, 15) is 5.11 Å². The quantitative estimate of drug-likeness (QED) is 0.772. The zero-order valence-corrected chi connectivity index (χ0v) is 14.9. The van der Waals surface area contributed by atoms with Gasteiger partial charge in [0.1, 0.15) is 11.5 Å². The minimum absolute atomic E-state index is 0.201. The Morgan fingerprint density at radius 2 is 1.96 bits per heavy atom. The van der Waals surface area contributed by atoms with E-state index < -0.39 is 6.10 Å². The van der Waals surface area contributed by atoms with Crippen LogP contribution in [0, 0.1) is 0 Å². The molecular weight excluding hydrogens is 310 g/mol. The molecule has 2 unspecified atom stereocenters. The molecule has 0 spiro atoms. The third-order valence-corrected chi connectivity index (χ3v) is 5.28. The van der Waals surface area contributed by atoms with Crippen molar-refractivity contribution in [2.24, 2.45) is 0 Å². The van der Waals surface area contributed by atoms with Crippen LogP contribution in [0.4, 0.5) is 0 Å². The van der Waals surface area contributed by atoms with Gasteiger partial charge in [-0.2, -0.15) is 0 Å². The number of rotatable bonds is 8. The molecule has 0 radical (unpaired) electrons. The molecule has 2 N–H and O–H groups in total. The van der Waals surface area contributed by atoms with Crippen LogP contribution in [0.5, 0.6) is 11.5 Å². The van der Waals surface area contributed by atoms with Gasteiger partial charge in [-0.1, -0.05) is 6.92 Å². The van der Waals surface area contributed by atoms with Gasteiger partial charge in [0.15, 0.2) is 0 Å². The molecule has 2 aromatic rings. The van der Waals surface area contributed by atoms with Gasteiger partial charge in [-0.15, -0.1) is 11.3 Å². The third-order valence-electron chi connectivity index (χ3n) is 3.87. The number of hydrogen-bond donors (Lipinski definition) is 2. The van der Waals surface area contributed by atoms with Crippen LogP contribution >= 0.6 is 11.3 Å². The first-order valence-corrected chi connectivity index (χ1v) is 8.62. The molecule has 2 rings (SSSR count). The summed E-state index contributed by atoms with van der Waals surface area (Å²) in [7, 11) is 3.21. The Hall–Kier alpha value is -1.56. The molecule has 1 aromatic heterocycles. The maximum absolute atomic E-state index is 10.5. The number of nitrogens with one attached hydrogen (secondary N) is 1. The fraction of sp³-hybridized carbons (Fsp3) is 0.444. The molecule has 2 atom stereocenters. The lowest BCUT2D eigenvalue weighted by Crippen LogP contribution is -2.24. The van der Waals surface area contributed by atoms with Gasteiger partial charge in [-0.25, -0.2) is 0 Å². The Labute approximate surface area is 142 Å². The molecule has 0 fully saturated rings. The monoisotopic (exact) mass is 335 g/mol. The molecule has 0 aliphatic carbocycles. The predicted octanol–water partition coefficient (Wildman–Crippen LogP) is 3.71. The molecular formula is C18H25NO3S. The van der Waals surface area contributed by atoms with Crippen molar-refractivity contribution in [3.05, 3.63) is 45.6 Å². The summed E-state index contributed by atoms with van der Waals surface area (Å²) in [6, 6.07) is 9.97. The zero-order valence-electron chi connectivity index (χ0n) is 14.1. The topological polar surface area (TPSA) is 50.7 Å². The van der Waals surface area contributed by atoms with Gasteiger partial charge in [-0.05, 0) is 43.7 Å². The summed E-state index contributed by atoms with van der Waals surface area (Å²) in [4.78, 5) is 2.66. The molecule has 0 saturated heterocycles. The van der Waals surface area contributed by atoms with Crippen LogP contribution in [-0.2, 0) is 6.42 Å². The van der Waals surface area contributed by atoms with Crippen molar-refractivity contribution in [1.29, 1.82) is 0 Å². The van der Waals surface area contributed by atoms with Crippen LogP contribution in [0.2, 0.25) is 0 Å². The normalized spacial score (nSPS) is 13.6. The van der Waals surface area contributed by atoms with Crippen molar-refractivity contribution in [2.45, 2.75) is 32.4 Å². The van der Waals surface area contributed by atoms with Crippen molar-refractivity contribution in [2.75, 3.05) is 20.8 Å². The van der Waals surface area contributed by atoms with Gasteiger partial charge in [0, 0.05) is 27.9 Å². The summed E-state index contributed by atoms with van der Waals surface area (Å²) >= 11 is 1.81. The first-order chi connectivity index (χ1) is 11.1. The molecule has 23 heavy (non-hydrogen) atoms. The van der Waals surface area contributed by atoms with E-state index in [-0.39, 0.29) is 6.04 Å². The van der Waals surface area contributed by atoms with Crippen LogP contribution < -0.4 is 14.8 Å². The standard InChI is InChI=1S/C18H25NO3S/c1-5-14-7-9-18(23-14)12(2)19-11-16(20)15-10-13(21-3)6-8-17(15)22-4/h6-10,12,16,19-20H,5,11H2,1-4H3. The van der Waals surface area contributed by atoms with E-state index in [1.54, 1.807) is 14.2 Å². The summed E-state index contributed by atoms with van der Waals surface area (Å²) in [5, 5.41) is 13.9. The lowest BCUT2D eigenvalue weighted by molar-refractivity contribution is 0.166. The van der Waals surface area contributed by atoms with Crippen molar-refractivity contribution in [1.82, 2.24) is 5.32 Å². The van der Waals surface area contributed by atoms with Gasteiger partial charge >= 0.3 is 0 Å². The summed E-state index contributed by atoms with van der Waals surface area (Å²) in [5.74, 6) is 1.37. The highest BCUT2D eigenvalue weighted by Crippen LogP contribution is 2.30. The Morgan fingerprint density at radius 3 is 2.57 bits per heavy atom. The second-order valence-corrected chi connectivity index (χ2v) is 6.61. The van der Waals surface area contributed by atoms with E-state index in [0.29, 0.717) is 18.0 Å². The van der Waals surface area contributed by atoms with Gasteiger partial charge < -0.3 is 19.9 Å². The number of methoxy groups -OCH3 is 2. The smallest absolute Gasteiger partial charge is 0.124 e. The summed E-state index contributed by atoms with van der Waals surface area (Å²) < 4.78 is 10.6. The molecule has 1 heterocycles. The highest BCUT2D eigenvalue weighted by Gasteiger charge is 2.16. The molecule has 5 heteroatoms. The SMILES string of the molecule is CCc1ccc(C(C)NCC(O)c2cc(OC)ccc2OC)s1. The van der Waals surface area contributed by atoms with Crippen LogP contribution in [0.25, 0.3) is 0 Å². The van der Waals surface area contributed by atoms with E-state index in [4.69, 9.17) is 9.47 Å². The van der Waals surface area contributed by atoms with E-state index >= 15 is 0 Å². The van der Waals surface area contributed by atoms with E-state index in [0.717, 1.165) is 12.0 Å². The Morgan fingerprint density at radius 1 is 1.17 bits per heavy atom. The largest absolute Gasteiger partial charge is 0.497 e. The summed E-state index contributed by atoms with van der Waals surface area (Å²) in [6.07, 6.45) is 0.397. The zero-order chi connectivity index (χ0) is 16.8. The van der Waals surface area contributed by atoms with Crippen molar-refractivity contribution < 1.29 is 14.6 Å². The lowest BCUT2D eigenvalue weighted by Gasteiger charge is -2.19. The average molecular weight is 335 g/mol. The van der Waals surface area contributed by atoms with Crippen molar-refractivity contribution in [3.63, 3.8) is 0 Å². The van der Waals surface area contributed by atoms with Crippen LogP contribution in [0.3, 0.4) is 0 Å². The first kappa shape index (κ1) is 17.8. The molecule has 0 amide bonds. The van der Waals surface area contributed by atoms with Gasteiger partial charge in [-0.3, -0.25) is 0 Å². The van der Waals surface area contributed by atoms with E-state index in [1.165, 1.54) is 9.75 Å². The van der Waals surface area contributed by atoms with Gasteiger partial charge in [0.05, 0.1) is 20.3 Å². The molecule has 4 nitrogen and oxygen atoms in total. The molecule has 0 saturated carbocycles. The number of benzene rings is 1. The molecule has 0 aliphatic rings. The van der Waals surface area contributed by atoms with Crippen LogP contribution in [0.15, 0.2) is 30.3 Å². The second kappa shape index (κ2) is 8.34. The van der Waals surface area contributed by atoms with E-state index in [1.807, 2.05) is 29.5 Å². The van der Waals surface area contributed by atoms with Crippen LogP contribution in [0.1, 0.15) is 41.3 Å².